The molecule has 0 bridgehead atoms. The van der Waals surface area contributed by atoms with Crippen molar-refractivity contribution in [2.45, 2.75) is 18.9 Å². The summed E-state index contributed by atoms with van der Waals surface area (Å²) in [4.78, 5) is 10.3. The van der Waals surface area contributed by atoms with Crippen molar-refractivity contribution in [1.29, 1.82) is 0 Å². The highest BCUT2D eigenvalue weighted by Gasteiger charge is 2.22. The van der Waals surface area contributed by atoms with Gasteiger partial charge in [0.25, 0.3) is 0 Å². The van der Waals surface area contributed by atoms with E-state index in [1.807, 2.05) is 0 Å². The molecule has 1 heterocycles. The quantitative estimate of drug-likeness (QED) is 0.528. The summed E-state index contributed by atoms with van der Waals surface area (Å²) in [5.74, 6) is -0.789. The molecule has 1 aliphatic heterocycles. The average Bonchev–Trinajstić information content (AvgIpc) is 2.13. The third kappa shape index (κ3) is 1.37. The Morgan fingerprint density at radius 3 is 2.67 bits per heavy atom. The van der Waals surface area contributed by atoms with Gasteiger partial charge in [-0.25, -0.2) is 0 Å². The van der Waals surface area contributed by atoms with Crippen LogP contribution in [0, 0.1) is 0 Å². The molecule has 0 saturated carbocycles. The molecule has 1 saturated heterocycles. The molecule has 0 spiro atoms. The number of hydrogen-bond acceptors (Lipinski definition) is 3. The lowest BCUT2D eigenvalue weighted by molar-refractivity contribution is -0.140. The van der Waals surface area contributed by atoms with Crippen molar-refractivity contribution < 1.29 is 9.90 Å². The maximum absolute atomic E-state index is 10.3. The van der Waals surface area contributed by atoms with Gasteiger partial charge in [0.15, 0.2) is 0 Å². The second-order valence-corrected chi connectivity index (χ2v) is 2.61. The van der Waals surface area contributed by atoms with Crippen molar-refractivity contribution in [3.8, 4) is 0 Å². The first kappa shape index (κ1) is 6.89. The number of hydrogen-bond donors (Lipinski definition) is 1. The number of carboxylic acids is 1. The molecule has 52 valence electrons. The van der Waals surface area contributed by atoms with Gasteiger partial charge in [-0.15, -0.1) is 0 Å². The van der Waals surface area contributed by atoms with E-state index in [4.69, 9.17) is 17.9 Å². The summed E-state index contributed by atoms with van der Waals surface area (Å²) < 4.78 is 1.46. The Hall–Kier alpha value is -0.220. The summed E-state index contributed by atoms with van der Waals surface area (Å²) in [5.41, 5.74) is 0. The molecular formula is C5H8NO2S-. The highest BCUT2D eigenvalue weighted by Crippen LogP contribution is 2.14. The van der Waals surface area contributed by atoms with E-state index in [0.29, 0.717) is 6.42 Å². The van der Waals surface area contributed by atoms with E-state index in [1.165, 1.54) is 4.31 Å². The van der Waals surface area contributed by atoms with Crippen LogP contribution in [0.3, 0.4) is 0 Å². The predicted molar refractivity (Wildman–Crippen MR) is 34.7 cm³/mol. The number of carboxylic acid groups (broad SMARTS) is 1. The van der Waals surface area contributed by atoms with Crippen molar-refractivity contribution in [2.24, 2.45) is 0 Å². The van der Waals surface area contributed by atoms with E-state index in [9.17, 15) is 4.79 Å². The van der Waals surface area contributed by atoms with Crippen molar-refractivity contribution in [3.63, 3.8) is 0 Å². The molecule has 0 radical (unpaired) electrons. The van der Waals surface area contributed by atoms with E-state index in [-0.39, 0.29) is 0 Å². The molecule has 4 heteroatoms. The molecule has 1 fully saturated rings. The van der Waals surface area contributed by atoms with Crippen LogP contribution >= 0.6 is 0 Å². The van der Waals surface area contributed by atoms with E-state index in [2.05, 4.69) is 0 Å². The standard InChI is InChI=1S/C5H8NO2S/c7-5(8)4-2-1-3-6(4)9/h4H,1-3H2,(H,7,8)/q-1/t4-/m0/s1. The van der Waals surface area contributed by atoms with Gasteiger partial charge in [0.1, 0.15) is 0 Å². The topological polar surface area (TPSA) is 40.5 Å². The van der Waals surface area contributed by atoms with Crippen molar-refractivity contribution in [2.75, 3.05) is 6.54 Å². The largest absolute Gasteiger partial charge is 0.701 e. The van der Waals surface area contributed by atoms with Crippen LogP contribution in [0.4, 0.5) is 0 Å². The number of nitrogens with zero attached hydrogens (tertiary/aromatic N) is 1. The van der Waals surface area contributed by atoms with E-state index in [1.54, 1.807) is 0 Å². The Morgan fingerprint density at radius 1 is 1.78 bits per heavy atom. The maximum Gasteiger partial charge on any atom is 0.319 e. The molecule has 0 amide bonds. The Bertz CT molecular complexity index is 128. The molecule has 0 aliphatic carbocycles. The second-order valence-electron chi connectivity index (χ2n) is 2.14. The van der Waals surface area contributed by atoms with Gasteiger partial charge in [-0.2, -0.15) is 0 Å². The van der Waals surface area contributed by atoms with Gasteiger partial charge in [-0.05, 0) is 19.4 Å². The summed E-state index contributed by atoms with van der Waals surface area (Å²) in [6.45, 7) is 0.742. The molecule has 1 rings (SSSR count). The first-order valence-corrected chi connectivity index (χ1v) is 3.25. The molecule has 1 aliphatic rings. The van der Waals surface area contributed by atoms with Gasteiger partial charge in [0.05, 0.1) is 6.04 Å². The molecular weight excluding hydrogens is 138 g/mol. The Kier molecular flexibility index (Phi) is 1.97. The lowest BCUT2D eigenvalue weighted by Gasteiger charge is -2.27. The zero-order chi connectivity index (χ0) is 6.85. The fraction of sp³-hybridized carbons (Fsp3) is 0.800. The zero-order valence-electron chi connectivity index (χ0n) is 4.91. The Labute approximate surface area is 59.2 Å². The zero-order valence-corrected chi connectivity index (χ0v) is 5.73. The van der Waals surface area contributed by atoms with Crippen LogP contribution in [0.5, 0.6) is 0 Å². The maximum atomic E-state index is 10.3. The van der Waals surface area contributed by atoms with E-state index in [0.717, 1.165) is 13.0 Å². The second kappa shape index (κ2) is 2.58. The normalized spacial score (nSPS) is 28.8. The summed E-state index contributed by atoms with van der Waals surface area (Å²) in [6, 6.07) is -0.403. The molecule has 1 N–H and O–H groups in total. The van der Waals surface area contributed by atoms with Gasteiger partial charge in [-0.1, -0.05) is 0 Å². The van der Waals surface area contributed by atoms with Crippen molar-refractivity contribution >= 4 is 18.8 Å². The summed E-state index contributed by atoms with van der Waals surface area (Å²) in [6.07, 6.45) is 1.62. The monoisotopic (exact) mass is 146 g/mol. The molecule has 0 aromatic carbocycles. The lowest BCUT2D eigenvalue weighted by atomic mass is 10.2. The lowest BCUT2D eigenvalue weighted by Crippen LogP contribution is -2.31. The van der Waals surface area contributed by atoms with E-state index >= 15 is 0 Å². The third-order valence-electron chi connectivity index (χ3n) is 1.49. The summed E-state index contributed by atoms with van der Waals surface area (Å²) >= 11 is 4.75. The molecule has 0 unspecified atom stereocenters. The van der Waals surface area contributed by atoms with Crippen LogP contribution in [0.25, 0.3) is 0 Å². The Balaban J connectivity index is 2.49. The van der Waals surface area contributed by atoms with Crippen LogP contribution < -0.4 is 0 Å². The highest BCUT2D eigenvalue weighted by molar-refractivity contribution is 7.56. The molecule has 1 atom stereocenters. The minimum absolute atomic E-state index is 0.403. The van der Waals surface area contributed by atoms with Gasteiger partial charge in [0.2, 0.25) is 0 Å². The minimum atomic E-state index is -0.789. The van der Waals surface area contributed by atoms with Gasteiger partial charge < -0.3 is 22.2 Å². The fourth-order valence-corrected chi connectivity index (χ4v) is 1.31. The van der Waals surface area contributed by atoms with Gasteiger partial charge in [0, 0.05) is 0 Å². The number of carbonyl (C=O) groups is 1. The van der Waals surface area contributed by atoms with Crippen molar-refractivity contribution in [1.82, 2.24) is 4.31 Å². The third-order valence-corrected chi connectivity index (χ3v) is 1.93. The summed E-state index contributed by atoms with van der Waals surface area (Å²) in [5, 5.41) is 8.48. The van der Waals surface area contributed by atoms with Gasteiger partial charge >= 0.3 is 5.97 Å². The van der Waals surface area contributed by atoms with Crippen LogP contribution in [-0.2, 0) is 17.6 Å². The Morgan fingerprint density at radius 2 is 2.44 bits per heavy atom. The van der Waals surface area contributed by atoms with Crippen LogP contribution in [0.1, 0.15) is 12.8 Å². The minimum Gasteiger partial charge on any atom is -0.701 e. The highest BCUT2D eigenvalue weighted by atomic mass is 32.1. The first-order chi connectivity index (χ1) is 4.22. The fourth-order valence-electron chi connectivity index (χ4n) is 0.987. The van der Waals surface area contributed by atoms with Gasteiger partial charge in [-0.3, -0.25) is 4.79 Å². The molecule has 9 heavy (non-hydrogen) atoms. The first-order valence-electron chi connectivity index (χ1n) is 2.88. The smallest absolute Gasteiger partial charge is 0.319 e. The summed E-state index contributed by atoms with van der Waals surface area (Å²) in [7, 11) is 0. The SMILES string of the molecule is O=C(O)[C@@H]1CCCN1[S-]. The molecule has 0 aromatic heterocycles. The number of rotatable bonds is 1. The van der Waals surface area contributed by atoms with Crippen LogP contribution in [0.15, 0.2) is 0 Å². The van der Waals surface area contributed by atoms with Crippen LogP contribution in [0.2, 0.25) is 0 Å². The van der Waals surface area contributed by atoms with E-state index < -0.39 is 12.0 Å². The predicted octanol–water partition coefficient (Wildman–Crippen LogP) is -0.00270. The van der Waals surface area contributed by atoms with Crippen LogP contribution in [-0.4, -0.2) is 28.0 Å². The molecule has 3 nitrogen and oxygen atoms in total. The number of aliphatic carboxylic acids is 1. The molecule has 0 aromatic rings. The average molecular weight is 146 g/mol. The van der Waals surface area contributed by atoms with Crippen molar-refractivity contribution in [3.05, 3.63) is 0 Å².